The van der Waals surface area contributed by atoms with Crippen LogP contribution in [0.3, 0.4) is 0 Å². The second-order valence-corrected chi connectivity index (χ2v) is 11.0. The van der Waals surface area contributed by atoms with E-state index in [4.69, 9.17) is 0 Å². The zero-order valence-corrected chi connectivity index (χ0v) is 25.3. The Morgan fingerprint density at radius 3 is 1.20 bits per heavy atom. The summed E-state index contributed by atoms with van der Waals surface area (Å²) in [5.41, 5.74) is 10.2. The van der Waals surface area contributed by atoms with Crippen molar-refractivity contribution in [1.29, 1.82) is 0 Å². The molecule has 0 unspecified atom stereocenters. The highest BCUT2D eigenvalue weighted by Crippen LogP contribution is 2.36. The summed E-state index contributed by atoms with van der Waals surface area (Å²) in [4.78, 5) is 25.0. The second-order valence-electron chi connectivity index (χ2n) is 11.0. The van der Waals surface area contributed by atoms with Gasteiger partial charge in [-0.15, -0.1) is 0 Å². The Morgan fingerprint density at radius 2 is 0.822 bits per heavy atom. The molecule has 0 fully saturated rings. The molecular weight excluding hydrogens is 564 g/mol. The number of H-pyrrole nitrogens is 2. The number of benzene rings is 4. The Labute approximate surface area is 258 Å². The van der Waals surface area contributed by atoms with Gasteiger partial charge in [0.15, 0.2) is 0 Å². The van der Waals surface area contributed by atoms with Crippen LogP contribution < -0.4 is 0 Å². The van der Waals surface area contributed by atoms with Gasteiger partial charge in [-0.3, -0.25) is 9.97 Å². The average molecular weight is 597 g/mol. The minimum atomic E-state index is 0. The molecule has 0 aliphatic heterocycles. The second kappa shape index (κ2) is 11.4. The number of hydrogen-bond acceptors (Lipinski definition) is 6. The fourth-order valence-electron chi connectivity index (χ4n) is 5.51. The minimum Gasteiger partial charge on any atom is -0.507 e. The molecule has 0 amide bonds. The van der Waals surface area contributed by atoms with Crippen LogP contribution in [-0.2, 0) is 0 Å². The first-order valence-electron chi connectivity index (χ1n) is 14.4. The Hall–Kier alpha value is -5.80. The predicted molar refractivity (Wildman–Crippen MR) is 180 cm³/mol. The molecule has 0 aliphatic rings. The lowest BCUT2D eigenvalue weighted by Crippen LogP contribution is -1.90. The molecule has 0 spiro atoms. The van der Waals surface area contributed by atoms with Gasteiger partial charge < -0.3 is 25.7 Å². The first-order chi connectivity index (χ1) is 21.3. The lowest BCUT2D eigenvalue weighted by molar-refractivity contribution is 0.476. The van der Waals surface area contributed by atoms with Crippen LogP contribution in [-0.4, -0.2) is 45.6 Å². The molecule has 0 bridgehead atoms. The first-order valence-corrected chi connectivity index (χ1v) is 14.4. The van der Waals surface area contributed by atoms with E-state index in [1.165, 1.54) is 0 Å². The van der Waals surface area contributed by atoms with E-state index in [-0.39, 0.29) is 17.0 Å². The van der Waals surface area contributed by atoms with Crippen molar-refractivity contribution in [1.82, 2.24) is 29.9 Å². The minimum absolute atomic E-state index is 0. The number of rotatable bonds is 2. The zero-order chi connectivity index (χ0) is 30.5. The Kier molecular flexibility index (Phi) is 7.39. The van der Waals surface area contributed by atoms with Gasteiger partial charge in [-0.05, 0) is 52.0 Å². The van der Waals surface area contributed by atoms with Gasteiger partial charge in [0, 0.05) is 33.6 Å². The molecule has 8 rings (SSSR count). The van der Waals surface area contributed by atoms with E-state index in [0.717, 1.165) is 89.2 Å². The summed E-state index contributed by atoms with van der Waals surface area (Å²) in [5.74, 6) is 2.13. The molecule has 0 atom stereocenters. The highest BCUT2D eigenvalue weighted by Gasteiger charge is 2.16. The van der Waals surface area contributed by atoms with E-state index < -0.39 is 0 Å². The van der Waals surface area contributed by atoms with Crippen LogP contribution in [0, 0.1) is 27.7 Å². The molecule has 9 nitrogen and oxygen atoms in total. The molecule has 4 aromatic heterocycles. The molecule has 0 saturated heterocycles. The van der Waals surface area contributed by atoms with Gasteiger partial charge in [0.05, 0.1) is 43.9 Å². The van der Waals surface area contributed by atoms with E-state index in [1.54, 1.807) is 0 Å². The molecule has 0 radical (unpaired) electrons. The molecule has 4 aromatic carbocycles. The van der Waals surface area contributed by atoms with Crippen molar-refractivity contribution in [2.45, 2.75) is 27.7 Å². The number of nitrogens with zero attached hydrogens (tertiary/aromatic N) is 4. The van der Waals surface area contributed by atoms with Crippen LogP contribution >= 0.6 is 0 Å². The van der Waals surface area contributed by atoms with E-state index in [0.29, 0.717) is 0 Å². The normalized spacial score (nSPS) is 11.1. The molecule has 6 N–H and O–H groups in total. The maximum absolute atomic E-state index is 10.5. The predicted octanol–water partition coefficient (Wildman–Crippen LogP) is 7.38. The Morgan fingerprint density at radius 1 is 0.467 bits per heavy atom. The molecule has 4 heterocycles. The summed E-state index contributed by atoms with van der Waals surface area (Å²) in [5, 5.41) is 22.5. The Balaban J connectivity index is 0.000000155. The molecule has 9 heteroatoms. The van der Waals surface area contributed by atoms with Crippen LogP contribution in [0.25, 0.3) is 66.6 Å². The SMILES string of the molecule is Cc1nc2ccc3nc(-c4ccccc4)[nH]c3c2c(O)c1C.Cc1nc2ccc3nc(-c4ccccc4)[nH]c3c2c(O)c1C.O. The number of nitrogens with one attached hydrogen (secondary N) is 2. The van der Waals surface area contributed by atoms with E-state index >= 15 is 0 Å². The topological polar surface area (TPSA) is 155 Å². The maximum atomic E-state index is 10.5. The van der Waals surface area contributed by atoms with Crippen LogP contribution in [0.15, 0.2) is 84.9 Å². The molecule has 224 valence electrons. The number of hydrogen-bond donors (Lipinski definition) is 4. The van der Waals surface area contributed by atoms with Crippen molar-refractivity contribution >= 4 is 43.9 Å². The van der Waals surface area contributed by atoms with Gasteiger partial charge in [-0.2, -0.15) is 0 Å². The summed E-state index contributed by atoms with van der Waals surface area (Å²) >= 11 is 0. The van der Waals surface area contributed by atoms with Gasteiger partial charge in [0.25, 0.3) is 0 Å². The number of fused-ring (bicyclic) bond motifs is 6. The Bertz CT molecular complexity index is 2180. The van der Waals surface area contributed by atoms with Crippen LogP contribution in [0.5, 0.6) is 11.5 Å². The smallest absolute Gasteiger partial charge is 0.138 e. The third-order valence-corrected chi connectivity index (χ3v) is 8.21. The quantitative estimate of drug-likeness (QED) is 0.163. The summed E-state index contributed by atoms with van der Waals surface area (Å²) in [6.07, 6.45) is 0. The highest BCUT2D eigenvalue weighted by atomic mass is 16.3. The van der Waals surface area contributed by atoms with Crippen molar-refractivity contribution < 1.29 is 15.7 Å². The van der Waals surface area contributed by atoms with Crippen molar-refractivity contribution in [2.75, 3.05) is 0 Å². The molecule has 8 aromatic rings. The van der Waals surface area contributed by atoms with Gasteiger partial charge >= 0.3 is 0 Å². The number of aromatic hydroxyl groups is 2. The van der Waals surface area contributed by atoms with Crippen molar-refractivity contribution in [3.8, 4) is 34.3 Å². The molecule has 0 aliphatic carbocycles. The average Bonchev–Trinajstić information content (AvgIpc) is 3.68. The monoisotopic (exact) mass is 596 g/mol. The summed E-state index contributed by atoms with van der Waals surface area (Å²) < 4.78 is 0. The van der Waals surface area contributed by atoms with Gasteiger partial charge in [0.1, 0.15) is 23.1 Å². The van der Waals surface area contributed by atoms with E-state index in [9.17, 15) is 10.2 Å². The fraction of sp³-hybridized carbons (Fsp3) is 0.111. The van der Waals surface area contributed by atoms with Crippen LogP contribution in [0.4, 0.5) is 0 Å². The standard InChI is InChI=1S/2C18H15N3O.H2O/c2*1-10-11(2)19-13-8-9-14-16(15(13)17(10)22)21-18(20-14)12-6-4-3-5-7-12;/h2*3-9H,1-2H3,(H,19,22)(H,20,21);1H2. The number of aromatic amines is 2. The van der Waals surface area contributed by atoms with Crippen LogP contribution in [0.1, 0.15) is 22.5 Å². The third-order valence-electron chi connectivity index (χ3n) is 8.21. The van der Waals surface area contributed by atoms with Gasteiger partial charge in [-0.1, -0.05) is 60.7 Å². The van der Waals surface area contributed by atoms with Crippen LogP contribution in [0.2, 0.25) is 0 Å². The maximum Gasteiger partial charge on any atom is 0.138 e. The van der Waals surface area contributed by atoms with Gasteiger partial charge in [-0.25, -0.2) is 9.97 Å². The number of aromatic nitrogens is 6. The highest BCUT2D eigenvalue weighted by molar-refractivity contribution is 6.08. The number of aryl methyl sites for hydroxylation is 2. The summed E-state index contributed by atoms with van der Waals surface area (Å²) in [6.45, 7) is 7.57. The summed E-state index contributed by atoms with van der Waals surface area (Å²) in [7, 11) is 0. The number of imidazole rings is 2. The lowest BCUT2D eigenvalue weighted by Gasteiger charge is -2.07. The number of pyridine rings is 2. The van der Waals surface area contributed by atoms with E-state index in [2.05, 4.69) is 29.9 Å². The zero-order valence-electron chi connectivity index (χ0n) is 25.3. The molecular formula is C36H32N6O3. The lowest BCUT2D eigenvalue weighted by atomic mass is 10.1. The van der Waals surface area contributed by atoms with E-state index in [1.807, 2.05) is 113 Å². The molecule has 0 saturated carbocycles. The third kappa shape index (κ3) is 4.99. The molecule has 45 heavy (non-hydrogen) atoms. The first kappa shape index (κ1) is 29.3. The largest absolute Gasteiger partial charge is 0.507 e. The fourth-order valence-corrected chi connectivity index (χ4v) is 5.51. The van der Waals surface area contributed by atoms with Gasteiger partial charge in [0.2, 0.25) is 0 Å². The summed E-state index contributed by atoms with van der Waals surface area (Å²) in [6, 6.07) is 27.6. The van der Waals surface area contributed by atoms with Crippen molar-refractivity contribution in [3.63, 3.8) is 0 Å². The van der Waals surface area contributed by atoms with Crippen molar-refractivity contribution in [2.24, 2.45) is 0 Å². The van der Waals surface area contributed by atoms with Crippen molar-refractivity contribution in [3.05, 3.63) is 107 Å².